The molecule has 1 atom stereocenters. The molecule has 0 bridgehead atoms. The molecular formula is C22H31ClN2O3S. The number of halogens is 1. The summed E-state index contributed by atoms with van der Waals surface area (Å²) in [5, 5.41) is 4.44. The second-order valence-electron chi connectivity index (χ2n) is 6.55. The molecule has 0 amide bonds. The summed E-state index contributed by atoms with van der Waals surface area (Å²) in [7, 11) is 1.67. The van der Waals surface area contributed by atoms with Crippen molar-refractivity contribution >= 4 is 34.8 Å². The summed E-state index contributed by atoms with van der Waals surface area (Å²) >= 11 is 7.81. The number of ether oxygens (including phenoxy) is 2. The van der Waals surface area contributed by atoms with Crippen molar-refractivity contribution in [2.75, 3.05) is 32.2 Å². The fraction of sp³-hybridized carbons (Fsp3) is 0.455. The van der Waals surface area contributed by atoms with Crippen molar-refractivity contribution in [1.29, 1.82) is 0 Å². The number of thioether (sulfide) groups is 1. The van der Waals surface area contributed by atoms with E-state index in [1.807, 2.05) is 31.8 Å². The number of aryl methyl sites for hydroxylation is 1. The van der Waals surface area contributed by atoms with Crippen molar-refractivity contribution < 1.29 is 14.3 Å². The molecule has 1 aliphatic heterocycles. The number of aromatic nitrogens is 1. The van der Waals surface area contributed by atoms with Crippen molar-refractivity contribution in [3.63, 3.8) is 0 Å². The number of rotatable bonds is 5. The molecule has 0 saturated carbocycles. The maximum Gasteiger partial charge on any atom is 0.131 e. The van der Waals surface area contributed by atoms with Gasteiger partial charge in [0.15, 0.2) is 0 Å². The Kier molecular flexibility index (Phi) is 11.9. The van der Waals surface area contributed by atoms with E-state index in [4.69, 9.17) is 21.1 Å². The number of anilines is 1. The lowest BCUT2D eigenvalue weighted by Crippen LogP contribution is -2.02. The molecule has 0 aliphatic carbocycles. The zero-order chi connectivity index (χ0) is 21.8. The van der Waals surface area contributed by atoms with Gasteiger partial charge in [-0.3, -0.25) is 0 Å². The Balaban J connectivity index is 0.000000321. The predicted octanol–water partition coefficient (Wildman–Crippen LogP) is 5.84. The summed E-state index contributed by atoms with van der Waals surface area (Å²) in [6.07, 6.45) is 1.83. The maximum atomic E-state index is 9.44. The number of carbonyl (C=O) groups is 1. The number of pyridine rings is 1. The second-order valence-corrected chi connectivity index (χ2v) is 8.29. The van der Waals surface area contributed by atoms with Crippen molar-refractivity contribution in [3.05, 3.63) is 41.2 Å². The molecule has 3 rings (SSSR count). The van der Waals surface area contributed by atoms with E-state index in [1.165, 1.54) is 30.0 Å². The lowest BCUT2D eigenvalue weighted by Gasteiger charge is -2.06. The summed E-state index contributed by atoms with van der Waals surface area (Å²) in [4.78, 5) is 14.9. The van der Waals surface area contributed by atoms with Crippen molar-refractivity contribution in [3.8, 4) is 11.1 Å². The first-order valence-corrected chi connectivity index (χ1v) is 10.8. The quantitative estimate of drug-likeness (QED) is 0.467. The minimum Gasteiger partial charge on any atom is -0.382 e. The Morgan fingerprint density at radius 1 is 1.24 bits per heavy atom. The molecule has 0 spiro atoms. The minimum atomic E-state index is 0.167. The molecule has 7 heteroatoms. The number of methoxy groups -OCH3 is 1. The highest BCUT2D eigenvalue weighted by molar-refractivity contribution is 8.00. The Morgan fingerprint density at radius 3 is 2.52 bits per heavy atom. The second kappa shape index (κ2) is 13.6. The molecule has 1 unspecified atom stereocenters. The Bertz CT molecular complexity index is 779. The molecule has 160 valence electrons. The first-order valence-electron chi connectivity index (χ1n) is 9.52. The number of fused-ring (bicyclic) bond motifs is 1. The van der Waals surface area contributed by atoms with E-state index in [2.05, 4.69) is 41.5 Å². The number of carbonyl (C=O) groups excluding carboxylic acids is 1. The lowest BCUT2D eigenvalue weighted by atomic mass is 10.1. The van der Waals surface area contributed by atoms with E-state index in [-0.39, 0.29) is 5.78 Å². The summed E-state index contributed by atoms with van der Waals surface area (Å²) in [6, 6.07) is 8.54. The number of hydrogen-bond acceptors (Lipinski definition) is 6. The third-order valence-electron chi connectivity index (χ3n) is 3.63. The first kappa shape index (κ1) is 25.4. The molecule has 5 nitrogen and oxygen atoms in total. The molecule has 1 N–H and O–H groups in total. The van der Waals surface area contributed by atoms with Crippen LogP contribution in [0.4, 0.5) is 5.69 Å². The predicted molar refractivity (Wildman–Crippen MR) is 123 cm³/mol. The van der Waals surface area contributed by atoms with Crippen LogP contribution < -0.4 is 5.32 Å². The summed E-state index contributed by atoms with van der Waals surface area (Å²) in [5.74, 6) is 0.167. The normalized spacial score (nSPS) is 14.0. The highest BCUT2D eigenvalue weighted by Crippen LogP contribution is 2.40. The Morgan fingerprint density at radius 2 is 1.93 bits per heavy atom. The van der Waals surface area contributed by atoms with Crippen LogP contribution in [0.25, 0.3) is 11.1 Å². The lowest BCUT2D eigenvalue weighted by molar-refractivity contribution is -0.114. The molecule has 0 saturated heterocycles. The van der Waals surface area contributed by atoms with Gasteiger partial charge in [-0.15, -0.1) is 0 Å². The van der Waals surface area contributed by atoms with E-state index >= 15 is 0 Å². The number of hydrogen-bond donors (Lipinski definition) is 1. The minimum absolute atomic E-state index is 0.167. The number of benzene rings is 1. The molecule has 2 aromatic rings. The molecule has 29 heavy (non-hydrogen) atoms. The van der Waals surface area contributed by atoms with Crippen LogP contribution in [0.3, 0.4) is 0 Å². The van der Waals surface area contributed by atoms with E-state index < -0.39 is 0 Å². The summed E-state index contributed by atoms with van der Waals surface area (Å²) in [6.45, 7) is 11.4. The number of nitrogens with one attached hydrogen (secondary N) is 1. The van der Waals surface area contributed by atoms with Gasteiger partial charge in [-0.05, 0) is 63.9 Å². The van der Waals surface area contributed by atoms with E-state index in [0.29, 0.717) is 23.7 Å². The molecule has 1 aromatic heterocycles. The van der Waals surface area contributed by atoms with Crippen molar-refractivity contribution in [2.24, 2.45) is 0 Å². The Hall–Kier alpha value is -1.60. The topological polar surface area (TPSA) is 60.5 Å². The average Bonchev–Trinajstić information content (AvgIpc) is 3.04. The van der Waals surface area contributed by atoms with Crippen LogP contribution in [0.2, 0.25) is 5.15 Å². The standard InChI is InChI=1S/C14H13ClN2S.C5H12O2.C3H6O/c1-8-5-11(7-16-14(8)15)10-3-4-12-13(6-10)18-9(2)17-12;1-3-7-5-4-6-2;1-3(2)4/h3-7,9,17H,1-2H3;3-5H2,1-2H3;1-2H3. The van der Waals surface area contributed by atoms with E-state index in [9.17, 15) is 4.79 Å². The molecule has 1 aromatic carbocycles. The fourth-order valence-electron chi connectivity index (χ4n) is 2.36. The zero-order valence-electron chi connectivity index (χ0n) is 18.0. The SMILES string of the molecule is CC(C)=O.CCOCCOC.Cc1cc(-c2ccc3c(c2)SC(C)N3)cnc1Cl. The molecule has 2 heterocycles. The third-order valence-corrected chi connectivity index (χ3v) is 5.09. The largest absolute Gasteiger partial charge is 0.382 e. The fourth-order valence-corrected chi connectivity index (χ4v) is 3.48. The highest BCUT2D eigenvalue weighted by Gasteiger charge is 2.17. The van der Waals surface area contributed by atoms with Gasteiger partial charge in [0.25, 0.3) is 0 Å². The monoisotopic (exact) mass is 438 g/mol. The van der Waals surface area contributed by atoms with Gasteiger partial charge in [-0.2, -0.15) is 0 Å². The van der Waals surface area contributed by atoms with Gasteiger partial charge >= 0.3 is 0 Å². The maximum absolute atomic E-state index is 9.44. The number of ketones is 1. The smallest absolute Gasteiger partial charge is 0.131 e. The van der Waals surface area contributed by atoms with Crippen LogP contribution in [-0.4, -0.2) is 43.1 Å². The first-order chi connectivity index (χ1) is 13.8. The van der Waals surface area contributed by atoms with Gasteiger partial charge in [0, 0.05) is 36.1 Å². The van der Waals surface area contributed by atoms with Crippen LogP contribution in [0, 0.1) is 6.92 Å². The van der Waals surface area contributed by atoms with Gasteiger partial charge < -0.3 is 19.6 Å². The third kappa shape index (κ3) is 9.63. The van der Waals surface area contributed by atoms with Gasteiger partial charge in [-0.1, -0.05) is 29.4 Å². The molecule has 0 fully saturated rings. The van der Waals surface area contributed by atoms with Gasteiger partial charge in [0.2, 0.25) is 0 Å². The van der Waals surface area contributed by atoms with Crippen LogP contribution in [0.5, 0.6) is 0 Å². The van der Waals surface area contributed by atoms with E-state index in [1.54, 1.807) is 7.11 Å². The van der Waals surface area contributed by atoms with Crippen molar-refractivity contribution in [1.82, 2.24) is 4.98 Å². The zero-order valence-corrected chi connectivity index (χ0v) is 19.6. The number of nitrogens with zero attached hydrogens (tertiary/aromatic N) is 1. The van der Waals surface area contributed by atoms with Crippen molar-refractivity contribution in [2.45, 2.75) is 44.9 Å². The summed E-state index contributed by atoms with van der Waals surface area (Å²) in [5.41, 5.74) is 4.52. The summed E-state index contributed by atoms with van der Waals surface area (Å²) < 4.78 is 9.67. The Labute approximate surface area is 183 Å². The molecule has 0 radical (unpaired) electrons. The van der Waals surface area contributed by atoms with Crippen LogP contribution in [0.1, 0.15) is 33.3 Å². The van der Waals surface area contributed by atoms with Crippen LogP contribution >= 0.6 is 23.4 Å². The molecule has 1 aliphatic rings. The van der Waals surface area contributed by atoms with E-state index in [0.717, 1.165) is 17.7 Å². The van der Waals surface area contributed by atoms with Crippen LogP contribution in [0.15, 0.2) is 35.4 Å². The molecular weight excluding hydrogens is 408 g/mol. The highest BCUT2D eigenvalue weighted by atomic mass is 35.5. The average molecular weight is 439 g/mol. The van der Waals surface area contributed by atoms with Gasteiger partial charge in [0.05, 0.1) is 18.6 Å². The number of Topliss-reactive ketones (excluding diaryl/α,β-unsaturated/α-hetero) is 1. The van der Waals surface area contributed by atoms with Gasteiger partial charge in [-0.25, -0.2) is 4.98 Å². The van der Waals surface area contributed by atoms with Crippen LogP contribution in [-0.2, 0) is 14.3 Å². The van der Waals surface area contributed by atoms with Gasteiger partial charge in [0.1, 0.15) is 10.9 Å².